The first-order valence-corrected chi connectivity index (χ1v) is 12.1. The monoisotopic (exact) mass is 456 g/mol. The van der Waals surface area contributed by atoms with E-state index in [2.05, 4.69) is 4.98 Å². The number of fused-ring (bicyclic) bond motifs is 1. The minimum absolute atomic E-state index is 0.0249. The summed E-state index contributed by atoms with van der Waals surface area (Å²) in [5, 5.41) is 1.03. The molecule has 1 aromatic heterocycles. The van der Waals surface area contributed by atoms with Crippen LogP contribution in [0.3, 0.4) is 0 Å². The first kappa shape index (κ1) is 19.9. The molecule has 7 heteroatoms. The van der Waals surface area contributed by atoms with Gasteiger partial charge >= 0.3 is 0 Å². The highest BCUT2D eigenvalue weighted by Gasteiger charge is 2.58. The van der Waals surface area contributed by atoms with E-state index in [0.717, 1.165) is 42.1 Å². The molecule has 2 saturated carbocycles. The molecule has 2 aliphatic carbocycles. The molecule has 172 valence electrons. The maximum absolute atomic E-state index is 15.3. The van der Waals surface area contributed by atoms with E-state index in [0.29, 0.717) is 36.6 Å². The number of aromatic nitrogens is 1. The number of nitrogens with zero attached hydrogens (tertiary/aromatic N) is 3. The zero-order valence-electron chi connectivity index (χ0n) is 18.8. The van der Waals surface area contributed by atoms with Gasteiger partial charge in [-0.3, -0.25) is 19.5 Å². The molecular weight excluding hydrogens is 431 g/mol. The summed E-state index contributed by atoms with van der Waals surface area (Å²) < 4.78 is 15.3. The molecule has 34 heavy (non-hydrogen) atoms. The summed E-state index contributed by atoms with van der Waals surface area (Å²) >= 11 is 0. The number of likely N-dealkylation sites (tertiary alicyclic amines) is 1. The molecule has 3 fully saturated rings. The Kier molecular flexibility index (Phi) is 4.11. The van der Waals surface area contributed by atoms with Crippen LogP contribution in [0.5, 0.6) is 0 Å². The van der Waals surface area contributed by atoms with E-state index in [1.807, 2.05) is 41.4 Å². The highest BCUT2D eigenvalue weighted by Crippen LogP contribution is 2.46. The molecule has 1 spiro atoms. The van der Waals surface area contributed by atoms with Crippen LogP contribution in [0.2, 0.25) is 0 Å². The summed E-state index contributed by atoms with van der Waals surface area (Å²) in [6.07, 6.45) is 5.38. The van der Waals surface area contributed by atoms with E-state index in [9.17, 15) is 9.59 Å². The van der Waals surface area contributed by atoms with Crippen molar-refractivity contribution in [2.24, 2.45) is 16.8 Å². The smallest absolute Gasteiger partial charge is 0.256 e. The van der Waals surface area contributed by atoms with Gasteiger partial charge in [-0.15, -0.1) is 0 Å². The van der Waals surface area contributed by atoms with Crippen molar-refractivity contribution in [1.82, 2.24) is 14.8 Å². The molecule has 0 bridgehead atoms. The normalized spacial score (nSPS) is 21.3. The van der Waals surface area contributed by atoms with Crippen molar-refractivity contribution in [1.29, 1.82) is 0 Å². The van der Waals surface area contributed by atoms with E-state index in [-0.39, 0.29) is 29.5 Å². The first-order valence-electron chi connectivity index (χ1n) is 12.1. The molecule has 0 radical (unpaired) electrons. The van der Waals surface area contributed by atoms with E-state index >= 15 is 4.39 Å². The van der Waals surface area contributed by atoms with Crippen LogP contribution in [-0.4, -0.2) is 57.6 Å². The lowest BCUT2D eigenvalue weighted by molar-refractivity contribution is -0.139. The number of rotatable bonds is 5. The zero-order valence-corrected chi connectivity index (χ0v) is 18.8. The quantitative estimate of drug-likeness (QED) is 0.631. The number of aliphatic imine (C=N–C) groups is 1. The Morgan fingerprint density at radius 1 is 1.09 bits per heavy atom. The van der Waals surface area contributed by atoms with Crippen LogP contribution >= 0.6 is 0 Å². The van der Waals surface area contributed by atoms with E-state index in [4.69, 9.17) is 4.99 Å². The highest BCUT2D eigenvalue weighted by molar-refractivity contribution is 6.16. The number of hydrogen-bond donors (Lipinski definition) is 1. The predicted molar refractivity (Wildman–Crippen MR) is 127 cm³/mol. The highest BCUT2D eigenvalue weighted by atomic mass is 19.1. The van der Waals surface area contributed by atoms with Crippen molar-refractivity contribution in [2.45, 2.75) is 31.2 Å². The molecule has 7 rings (SSSR count). The van der Waals surface area contributed by atoms with Crippen LogP contribution in [0.1, 0.15) is 31.2 Å². The summed E-state index contributed by atoms with van der Waals surface area (Å²) in [7, 11) is 0. The first-order chi connectivity index (χ1) is 16.5. The van der Waals surface area contributed by atoms with Crippen LogP contribution in [0.15, 0.2) is 53.7 Å². The van der Waals surface area contributed by atoms with Crippen LogP contribution in [0.4, 0.5) is 4.39 Å². The number of aromatic amines is 1. The predicted octanol–water partition coefficient (Wildman–Crippen LogP) is 3.96. The Bertz CT molecular complexity index is 1380. The third-order valence-corrected chi connectivity index (χ3v) is 7.67. The van der Waals surface area contributed by atoms with Crippen LogP contribution < -0.4 is 0 Å². The number of hydrogen-bond acceptors (Lipinski definition) is 3. The number of nitrogens with one attached hydrogen (secondary N) is 1. The van der Waals surface area contributed by atoms with Crippen molar-refractivity contribution in [3.63, 3.8) is 0 Å². The molecule has 1 saturated heterocycles. The van der Waals surface area contributed by atoms with Gasteiger partial charge in [0.15, 0.2) is 0 Å². The lowest BCUT2D eigenvalue weighted by Crippen LogP contribution is -2.55. The number of amidine groups is 1. The molecule has 2 amide bonds. The van der Waals surface area contributed by atoms with Crippen LogP contribution in [-0.2, 0) is 9.59 Å². The lowest BCUT2D eigenvalue weighted by atomic mass is 9.97. The van der Waals surface area contributed by atoms with Crippen molar-refractivity contribution in [3.05, 3.63) is 60.0 Å². The van der Waals surface area contributed by atoms with Gasteiger partial charge < -0.3 is 9.88 Å². The van der Waals surface area contributed by atoms with Gasteiger partial charge in [-0.05, 0) is 60.9 Å². The van der Waals surface area contributed by atoms with Crippen molar-refractivity contribution < 1.29 is 14.0 Å². The summed E-state index contributed by atoms with van der Waals surface area (Å²) in [6.45, 7) is 1.91. The Labute approximate surface area is 196 Å². The molecule has 2 aromatic carbocycles. The molecule has 6 nitrogen and oxygen atoms in total. The second kappa shape index (κ2) is 7.01. The number of carbonyl (C=O) groups is 2. The van der Waals surface area contributed by atoms with Crippen molar-refractivity contribution in [2.75, 3.05) is 19.6 Å². The Hall–Kier alpha value is -3.48. The van der Waals surface area contributed by atoms with Gasteiger partial charge in [-0.2, -0.15) is 0 Å². The molecular formula is C27H25FN4O2. The van der Waals surface area contributed by atoms with Gasteiger partial charge in [-0.25, -0.2) is 4.39 Å². The fraction of sp³-hybridized carbons (Fsp3) is 0.370. The summed E-state index contributed by atoms with van der Waals surface area (Å²) in [6, 6.07) is 12.9. The van der Waals surface area contributed by atoms with E-state index in [1.54, 1.807) is 11.0 Å². The number of amides is 2. The van der Waals surface area contributed by atoms with Crippen LogP contribution in [0.25, 0.3) is 22.0 Å². The third kappa shape index (κ3) is 3.10. The van der Waals surface area contributed by atoms with Gasteiger partial charge in [0.2, 0.25) is 5.91 Å². The second-order valence-corrected chi connectivity index (χ2v) is 10.2. The zero-order chi connectivity index (χ0) is 23.0. The second-order valence-electron chi connectivity index (χ2n) is 10.2. The van der Waals surface area contributed by atoms with Gasteiger partial charge in [0, 0.05) is 54.3 Å². The fourth-order valence-corrected chi connectivity index (χ4v) is 5.31. The molecule has 1 N–H and O–H groups in total. The van der Waals surface area contributed by atoms with Gasteiger partial charge in [-0.1, -0.05) is 18.2 Å². The minimum Gasteiger partial charge on any atom is -0.361 e. The van der Waals surface area contributed by atoms with Crippen LogP contribution in [0, 0.1) is 17.7 Å². The maximum atomic E-state index is 15.3. The lowest BCUT2D eigenvalue weighted by Gasteiger charge is -2.41. The largest absolute Gasteiger partial charge is 0.361 e. The average molecular weight is 457 g/mol. The van der Waals surface area contributed by atoms with Gasteiger partial charge in [0.1, 0.15) is 17.2 Å². The third-order valence-electron chi connectivity index (χ3n) is 7.67. The molecule has 2 aliphatic heterocycles. The van der Waals surface area contributed by atoms with E-state index in [1.165, 1.54) is 6.07 Å². The van der Waals surface area contributed by atoms with Crippen molar-refractivity contribution >= 4 is 28.6 Å². The average Bonchev–Trinajstić information content (AvgIpc) is 3.72. The van der Waals surface area contributed by atoms with E-state index < -0.39 is 5.54 Å². The fourth-order valence-electron chi connectivity index (χ4n) is 5.31. The Balaban J connectivity index is 1.14. The van der Waals surface area contributed by atoms with Gasteiger partial charge in [0.25, 0.3) is 5.91 Å². The number of H-pyrrole nitrogens is 1. The SMILES string of the molecule is O=C(C1CC1)N1CC(CN2C(=O)C3(CC3)N=C2c2ccc(-c3ccc4[nH]ccc4c3)c(F)c2)C1. The summed E-state index contributed by atoms with van der Waals surface area (Å²) in [4.78, 5) is 37.0. The molecule has 0 atom stereocenters. The number of halogens is 1. The Morgan fingerprint density at radius 3 is 2.62 bits per heavy atom. The Morgan fingerprint density at radius 2 is 1.88 bits per heavy atom. The standard InChI is InChI=1S/C27H25FN4O2/c28-22-12-20(3-5-21(22)18-4-6-23-19(11-18)7-10-29-23)24-30-27(8-9-27)26(34)32(24)15-16-13-31(14-16)25(33)17-1-2-17/h3-7,10-12,16-17,29H,1-2,8-9,13-15H2. The molecule has 3 aromatic rings. The molecule has 4 aliphatic rings. The summed E-state index contributed by atoms with van der Waals surface area (Å²) in [5.41, 5.74) is 2.34. The topological polar surface area (TPSA) is 68.8 Å². The minimum atomic E-state index is -0.642. The van der Waals surface area contributed by atoms with Gasteiger partial charge in [0.05, 0.1) is 0 Å². The molecule has 0 unspecified atom stereocenters. The summed E-state index contributed by atoms with van der Waals surface area (Å²) in [5.74, 6) is 0.984. The number of benzene rings is 2. The maximum Gasteiger partial charge on any atom is 0.256 e. The molecule has 3 heterocycles. The number of carbonyl (C=O) groups excluding carboxylic acids is 2. The van der Waals surface area contributed by atoms with Crippen molar-refractivity contribution in [3.8, 4) is 11.1 Å².